The van der Waals surface area contributed by atoms with E-state index >= 15 is 0 Å². The van der Waals surface area contributed by atoms with Gasteiger partial charge in [-0.05, 0) is 56.8 Å². The van der Waals surface area contributed by atoms with Gasteiger partial charge in [0.2, 0.25) is 0 Å². The van der Waals surface area contributed by atoms with Crippen molar-refractivity contribution >= 4 is 0 Å². The zero-order chi connectivity index (χ0) is 12.7. The van der Waals surface area contributed by atoms with Crippen molar-refractivity contribution in [1.29, 1.82) is 0 Å². The van der Waals surface area contributed by atoms with Crippen molar-refractivity contribution < 1.29 is 0 Å². The molecule has 0 aromatic rings. The second-order valence-electron chi connectivity index (χ2n) is 5.14. The number of rotatable bonds is 8. The van der Waals surface area contributed by atoms with Crippen LogP contribution in [0.3, 0.4) is 0 Å². The summed E-state index contributed by atoms with van der Waals surface area (Å²) in [5.41, 5.74) is 3.51. The highest BCUT2D eigenvalue weighted by Gasteiger charge is 2.31. The first-order valence-electron chi connectivity index (χ1n) is 7.20. The normalized spacial score (nSPS) is 24.1. The zero-order valence-corrected chi connectivity index (χ0v) is 11.7. The van der Waals surface area contributed by atoms with Gasteiger partial charge in [0.25, 0.3) is 0 Å². The Hall–Kier alpha value is -0.780. The molecule has 96 valence electrons. The quantitative estimate of drug-likeness (QED) is 0.473. The van der Waals surface area contributed by atoms with E-state index in [4.69, 9.17) is 0 Å². The molecular formula is C17H28. The Balaban J connectivity index is 2.73. The van der Waals surface area contributed by atoms with Crippen molar-refractivity contribution in [3.63, 3.8) is 0 Å². The molecule has 0 unspecified atom stereocenters. The fraction of sp³-hybridized carbons (Fsp3) is 0.647. The van der Waals surface area contributed by atoms with Crippen LogP contribution in [0.4, 0.5) is 0 Å². The minimum absolute atomic E-state index is 0.827. The van der Waals surface area contributed by atoms with E-state index in [-0.39, 0.29) is 0 Å². The molecule has 0 heteroatoms. The first-order chi connectivity index (χ1) is 8.28. The van der Waals surface area contributed by atoms with E-state index in [1.807, 2.05) is 0 Å². The molecule has 1 aliphatic carbocycles. The first-order valence-corrected chi connectivity index (χ1v) is 7.20. The van der Waals surface area contributed by atoms with Gasteiger partial charge in [-0.2, -0.15) is 0 Å². The minimum Gasteiger partial charge on any atom is -0.103 e. The van der Waals surface area contributed by atoms with Crippen molar-refractivity contribution in [2.24, 2.45) is 11.8 Å². The lowest BCUT2D eigenvalue weighted by Crippen LogP contribution is -2.11. The molecule has 2 atom stereocenters. The smallest absolute Gasteiger partial charge is 0.0166 e. The summed E-state index contributed by atoms with van der Waals surface area (Å²) in [6.07, 6.45) is 12.9. The number of allylic oxidation sites excluding steroid dienone is 4. The van der Waals surface area contributed by atoms with Crippen LogP contribution in [0.1, 0.15) is 58.8 Å². The predicted molar refractivity (Wildman–Crippen MR) is 78.1 cm³/mol. The molecule has 0 amide bonds. The molecule has 0 aromatic heterocycles. The van der Waals surface area contributed by atoms with Gasteiger partial charge >= 0.3 is 0 Å². The van der Waals surface area contributed by atoms with Crippen LogP contribution in [-0.4, -0.2) is 0 Å². The maximum atomic E-state index is 3.87. The molecule has 0 saturated carbocycles. The first kappa shape index (κ1) is 14.3. The highest BCUT2D eigenvalue weighted by molar-refractivity contribution is 5.24. The molecule has 0 radical (unpaired) electrons. The van der Waals surface area contributed by atoms with Gasteiger partial charge < -0.3 is 0 Å². The summed E-state index contributed by atoms with van der Waals surface area (Å²) in [6.45, 7) is 12.4. The molecule has 0 aromatic carbocycles. The Bertz CT molecular complexity index is 282. The molecule has 17 heavy (non-hydrogen) atoms. The predicted octanol–water partition coefficient (Wildman–Crippen LogP) is 5.67. The summed E-state index contributed by atoms with van der Waals surface area (Å²) in [6, 6.07) is 0. The second-order valence-corrected chi connectivity index (χ2v) is 5.14. The molecule has 1 rings (SSSR count). The molecule has 0 nitrogen and oxygen atoms in total. The van der Waals surface area contributed by atoms with Crippen LogP contribution in [0, 0.1) is 11.8 Å². The molecule has 1 aliphatic rings. The summed E-state index contributed by atoms with van der Waals surface area (Å²) in [4.78, 5) is 0. The monoisotopic (exact) mass is 232 g/mol. The van der Waals surface area contributed by atoms with Gasteiger partial charge in [-0.15, -0.1) is 13.2 Å². The van der Waals surface area contributed by atoms with Gasteiger partial charge in [-0.3, -0.25) is 0 Å². The summed E-state index contributed by atoms with van der Waals surface area (Å²) in [5.74, 6) is 1.70. The third-order valence-corrected chi connectivity index (χ3v) is 4.21. The lowest BCUT2D eigenvalue weighted by Gasteiger charge is -2.21. The van der Waals surface area contributed by atoms with Gasteiger partial charge in [0.05, 0.1) is 0 Å². The van der Waals surface area contributed by atoms with Crippen molar-refractivity contribution in [1.82, 2.24) is 0 Å². The molecule has 0 aliphatic heterocycles. The fourth-order valence-electron chi connectivity index (χ4n) is 3.36. The maximum absolute atomic E-state index is 3.87. The van der Waals surface area contributed by atoms with Crippen molar-refractivity contribution in [2.75, 3.05) is 0 Å². The number of hydrogen-bond donors (Lipinski definition) is 0. The van der Waals surface area contributed by atoms with Gasteiger partial charge in [0, 0.05) is 0 Å². The molecule has 0 N–H and O–H groups in total. The summed E-state index contributed by atoms with van der Waals surface area (Å²) in [5, 5.41) is 0. The van der Waals surface area contributed by atoms with Crippen molar-refractivity contribution in [2.45, 2.75) is 58.8 Å². The summed E-state index contributed by atoms with van der Waals surface area (Å²) in [7, 11) is 0. The van der Waals surface area contributed by atoms with E-state index in [2.05, 4.69) is 39.2 Å². The van der Waals surface area contributed by atoms with Crippen LogP contribution in [-0.2, 0) is 0 Å². The molecule has 0 fully saturated rings. The van der Waals surface area contributed by atoms with Crippen LogP contribution < -0.4 is 0 Å². The zero-order valence-electron chi connectivity index (χ0n) is 11.7. The summed E-state index contributed by atoms with van der Waals surface area (Å²) >= 11 is 0. The van der Waals surface area contributed by atoms with Gasteiger partial charge in [-0.1, -0.05) is 37.1 Å². The average molecular weight is 232 g/mol. The minimum atomic E-state index is 0.827. The average Bonchev–Trinajstić information content (AvgIpc) is 2.70. The number of hydrogen-bond acceptors (Lipinski definition) is 0. The fourth-order valence-corrected chi connectivity index (χ4v) is 3.36. The highest BCUT2D eigenvalue weighted by Crippen LogP contribution is 2.44. The van der Waals surface area contributed by atoms with E-state index in [1.54, 1.807) is 11.1 Å². The van der Waals surface area contributed by atoms with E-state index in [0.29, 0.717) is 0 Å². The molecule has 0 saturated heterocycles. The van der Waals surface area contributed by atoms with Gasteiger partial charge in [0.15, 0.2) is 0 Å². The molecule has 0 heterocycles. The van der Waals surface area contributed by atoms with Crippen LogP contribution >= 0.6 is 0 Å². The maximum Gasteiger partial charge on any atom is -0.0166 e. The van der Waals surface area contributed by atoms with Gasteiger partial charge in [-0.25, -0.2) is 0 Å². The lowest BCUT2D eigenvalue weighted by atomic mass is 9.83. The van der Waals surface area contributed by atoms with E-state index in [0.717, 1.165) is 18.3 Å². The van der Waals surface area contributed by atoms with Crippen molar-refractivity contribution in [3.8, 4) is 0 Å². The lowest BCUT2D eigenvalue weighted by molar-refractivity contribution is 0.363. The van der Waals surface area contributed by atoms with Crippen LogP contribution in [0.15, 0.2) is 36.5 Å². The van der Waals surface area contributed by atoms with Crippen molar-refractivity contribution in [3.05, 3.63) is 36.5 Å². The third kappa shape index (κ3) is 3.59. The topological polar surface area (TPSA) is 0 Å². The van der Waals surface area contributed by atoms with E-state index in [9.17, 15) is 0 Å². The molecular weight excluding hydrogens is 204 g/mol. The second kappa shape index (κ2) is 7.53. The highest BCUT2D eigenvalue weighted by atomic mass is 14.4. The van der Waals surface area contributed by atoms with Gasteiger partial charge in [0.1, 0.15) is 0 Å². The SMILES string of the molecule is C=CCC[C@@H]1CC(CC)=C(CC)[C@@H]1CCC=C. The van der Waals surface area contributed by atoms with E-state index < -0.39 is 0 Å². The summed E-state index contributed by atoms with van der Waals surface area (Å²) < 4.78 is 0. The Labute approximate surface area is 108 Å². The van der Waals surface area contributed by atoms with Crippen LogP contribution in [0.25, 0.3) is 0 Å². The van der Waals surface area contributed by atoms with Crippen LogP contribution in [0.5, 0.6) is 0 Å². The Morgan fingerprint density at radius 3 is 2.24 bits per heavy atom. The van der Waals surface area contributed by atoms with E-state index in [1.165, 1.54) is 38.5 Å². The van der Waals surface area contributed by atoms with Crippen LogP contribution in [0.2, 0.25) is 0 Å². The Kier molecular flexibility index (Phi) is 6.32. The standard InChI is InChI=1S/C17H28/c1-5-9-11-15-13-14(7-3)16(8-4)17(15)12-10-6-2/h5-6,15,17H,1-2,7-13H2,3-4H3/t15-,17-/m1/s1. The molecule has 0 bridgehead atoms. The largest absolute Gasteiger partial charge is 0.103 e. The Morgan fingerprint density at radius 1 is 1.06 bits per heavy atom. The molecule has 0 spiro atoms. The Morgan fingerprint density at radius 2 is 1.71 bits per heavy atom. The third-order valence-electron chi connectivity index (χ3n) is 4.21.